The van der Waals surface area contributed by atoms with Crippen LogP contribution in [0, 0.1) is 6.92 Å². The second kappa shape index (κ2) is 8.47. The summed E-state index contributed by atoms with van der Waals surface area (Å²) >= 11 is 0. The molecule has 6 nitrogen and oxygen atoms in total. The topological polar surface area (TPSA) is 68.8 Å². The van der Waals surface area contributed by atoms with Gasteiger partial charge in [0.15, 0.2) is 11.5 Å². The van der Waals surface area contributed by atoms with E-state index in [-0.39, 0.29) is 6.03 Å². The van der Waals surface area contributed by atoms with Gasteiger partial charge in [-0.2, -0.15) is 0 Å². The van der Waals surface area contributed by atoms with Gasteiger partial charge < -0.3 is 24.8 Å². The molecule has 0 saturated heterocycles. The molecule has 0 aliphatic rings. The minimum Gasteiger partial charge on any atom is -0.493 e. The first-order valence-corrected chi connectivity index (χ1v) is 8.38. The molecule has 0 aliphatic carbocycles. The third-order valence-electron chi connectivity index (χ3n) is 4.09. The van der Waals surface area contributed by atoms with Crippen molar-refractivity contribution < 1.29 is 19.0 Å². The lowest BCUT2D eigenvalue weighted by Gasteiger charge is -2.18. The highest BCUT2D eigenvalue weighted by Gasteiger charge is 2.16. The molecule has 140 valence electrons. The van der Waals surface area contributed by atoms with Crippen LogP contribution in [-0.4, -0.2) is 27.4 Å². The zero-order valence-corrected chi connectivity index (χ0v) is 16.1. The van der Waals surface area contributed by atoms with E-state index < -0.39 is 0 Å². The molecule has 0 saturated carbocycles. The third kappa shape index (κ3) is 4.20. The Balaban J connectivity index is 2.26. The summed E-state index contributed by atoms with van der Waals surface area (Å²) in [6.45, 7) is 6.16. The van der Waals surface area contributed by atoms with Crippen molar-refractivity contribution in [2.24, 2.45) is 0 Å². The van der Waals surface area contributed by atoms with Crippen LogP contribution in [0.5, 0.6) is 17.2 Å². The van der Waals surface area contributed by atoms with Crippen LogP contribution in [0.25, 0.3) is 0 Å². The summed E-state index contributed by atoms with van der Waals surface area (Å²) in [5.41, 5.74) is 3.46. The molecule has 0 radical (unpaired) electrons. The number of anilines is 2. The summed E-state index contributed by atoms with van der Waals surface area (Å²) in [5, 5.41) is 5.77. The Labute approximate surface area is 154 Å². The summed E-state index contributed by atoms with van der Waals surface area (Å²) in [7, 11) is 4.60. The molecule has 26 heavy (non-hydrogen) atoms. The van der Waals surface area contributed by atoms with E-state index in [1.165, 1.54) is 21.3 Å². The zero-order chi connectivity index (χ0) is 19.3. The van der Waals surface area contributed by atoms with Gasteiger partial charge in [-0.15, -0.1) is 0 Å². The van der Waals surface area contributed by atoms with Crippen molar-refractivity contribution in [2.45, 2.75) is 26.7 Å². The molecule has 2 aromatic carbocycles. The van der Waals surface area contributed by atoms with Crippen LogP contribution in [0.15, 0.2) is 30.3 Å². The van der Waals surface area contributed by atoms with Crippen LogP contribution < -0.4 is 24.8 Å². The van der Waals surface area contributed by atoms with Gasteiger partial charge in [0.25, 0.3) is 0 Å². The highest BCUT2D eigenvalue weighted by atomic mass is 16.5. The second-order valence-corrected chi connectivity index (χ2v) is 6.19. The van der Waals surface area contributed by atoms with E-state index in [0.29, 0.717) is 28.9 Å². The van der Waals surface area contributed by atoms with Crippen molar-refractivity contribution in [2.75, 3.05) is 32.0 Å². The van der Waals surface area contributed by atoms with Gasteiger partial charge in [0.05, 0.1) is 27.0 Å². The molecule has 0 atom stereocenters. The van der Waals surface area contributed by atoms with Crippen molar-refractivity contribution in [3.8, 4) is 17.2 Å². The molecule has 0 bridgehead atoms. The number of amides is 2. The van der Waals surface area contributed by atoms with Crippen LogP contribution in [0.2, 0.25) is 0 Å². The van der Waals surface area contributed by atoms with Crippen molar-refractivity contribution in [3.63, 3.8) is 0 Å². The lowest BCUT2D eigenvalue weighted by Crippen LogP contribution is -2.21. The molecule has 0 spiro atoms. The number of benzene rings is 2. The maximum Gasteiger partial charge on any atom is 0.323 e. The average molecular weight is 358 g/mol. The highest BCUT2D eigenvalue weighted by molar-refractivity contribution is 6.01. The fraction of sp³-hybridized carbons (Fsp3) is 0.350. The van der Waals surface area contributed by atoms with Gasteiger partial charge in [-0.25, -0.2) is 4.79 Å². The van der Waals surface area contributed by atoms with Crippen LogP contribution in [0.1, 0.15) is 30.9 Å². The summed E-state index contributed by atoms with van der Waals surface area (Å²) in [6, 6.07) is 9.01. The predicted octanol–water partition coefficient (Wildman–Crippen LogP) is 4.79. The van der Waals surface area contributed by atoms with E-state index >= 15 is 0 Å². The van der Waals surface area contributed by atoms with Gasteiger partial charge in [0.2, 0.25) is 5.75 Å². The zero-order valence-electron chi connectivity index (χ0n) is 16.1. The molecule has 2 rings (SSSR count). The van der Waals surface area contributed by atoms with Crippen LogP contribution in [-0.2, 0) is 0 Å². The van der Waals surface area contributed by atoms with Crippen molar-refractivity contribution in [3.05, 3.63) is 41.5 Å². The molecule has 0 heterocycles. The number of methoxy groups -OCH3 is 3. The largest absolute Gasteiger partial charge is 0.493 e. The van der Waals surface area contributed by atoms with Gasteiger partial charge in [-0.1, -0.05) is 32.0 Å². The van der Waals surface area contributed by atoms with Crippen molar-refractivity contribution >= 4 is 17.4 Å². The summed E-state index contributed by atoms with van der Waals surface area (Å²) in [4.78, 5) is 12.5. The quantitative estimate of drug-likeness (QED) is 0.779. The average Bonchev–Trinajstić information content (AvgIpc) is 2.62. The molecule has 2 N–H and O–H groups in total. The summed E-state index contributed by atoms with van der Waals surface area (Å²) < 4.78 is 15.9. The molecule has 0 unspecified atom stereocenters. The van der Waals surface area contributed by atoms with Gasteiger partial charge in [-0.3, -0.25) is 0 Å². The molecular formula is C20H26N2O4. The number of hydrogen-bond donors (Lipinski definition) is 2. The normalized spacial score (nSPS) is 10.4. The first-order chi connectivity index (χ1) is 12.4. The van der Waals surface area contributed by atoms with Gasteiger partial charge in [0, 0.05) is 17.8 Å². The fourth-order valence-corrected chi connectivity index (χ4v) is 2.77. The van der Waals surface area contributed by atoms with Gasteiger partial charge in [-0.05, 0) is 24.0 Å². The van der Waals surface area contributed by atoms with E-state index in [2.05, 4.69) is 24.5 Å². The first kappa shape index (κ1) is 19.4. The number of carbonyl (C=O) groups excluding carboxylic acids is 1. The number of ether oxygens (including phenoxy) is 3. The number of para-hydroxylation sites is 1. The van der Waals surface area contributed by atoms with Gasteiger partial charge >= 0.3 is 6.03 Å². The number of rotatable bonds is 6. The number of urea groups is 1. The van der Waals surface area contributed by atoms with Crippen LogP contribution in [0.4, 0.5) is 16.2 Å². The minimum absolute atomic E-state index is 0.298. The SMILES string of the molecule is COc1cc(NC(=O)Nc2c(C)cccc2C(C)C)cc(OC)c1OC. The van der Waals surface area contributed by atoms with Gasteiger partial charge in [0.1, 0.15) is 0 Å². The Morgan fingerprint density at radius 1 is 0.962 bits per heavy atom. The smallest absolute Gasteiger partial charge is 0.323 e. The monoisotopic (exact) mass is 358 g/mol. The standard InChI is InChI=1S/C20H26N2O4/c1-12(2)15-9-7-8-13(3)18(15)22-20(23)21-14-10-16(24-4)19(26-6)17(11-14)25-5/h7-12H,1-6H3,(H2,21,22,23). The fourth-order valence-electron chi connectivity index (χ4n) is 2.77. The molecule has 0 aliphatic heterocycles. The Morgan fingerprint density at radius 3 is 2.08 bits per heavy atom. The molecule has 0 fully saturated rings. The highest BCUT2D eigenvalue weighted by Crippen LogP contribution is 2.40. The first-order valence-electron chi connectivity index (χ1n) is 8.38. The van der Waals surface area contributed by atoms with E-state index in [0.717, 1.165) is 16.8 Å². The molecule has 2 amide bonds. The predicted molar refractivity (Wildman–Crippen MR) is 104 cm³/mol. The number of nitrogens with one attached hydrogen (secondary N) is 2. The second-order valence-electron chi connectivity index (χ2n) is 6.19. The Bertz CT molecular complexity index is 762. The summed E-state index contributed by atoms with van der Waals surface area (Å²) in [6.07, 6.45) is 0. The molecular weight excluding hydrogens is 332 g/mol. The maximum absolute atomic E-state index is 12.5. The maximum atomic E-state index is 12.5. The van der Waals surface area contributed by atoms with Crippen molar-refractivity contribution in [1.29, 1.82) is 0 Å². The lowest BCUT2D eigenvalue weighted by atomic mass is 9.98. The molecule has 6 heteroatoms. The van der Waals surface area contributed by atoms with Crippen LogP contribution >= 0.6 is 0 Å². The van der Waals surface area contributed by atoms with E-state index in [9.17, 15) is 4.79 Å². The number of carbonyl (C=O) groups is 1. The van der Waals surface area contributed by atoms with E-state index in [1.54, 1.807) is 12.1 Å². The Hall–Kier alpha value is -2.89. The van der Waals surface area contributed by atoms with Crippen LogP contribution in [0.3, 0.4) is 0 Å². The molecule has 0 aromatic heterocycles. The summed E-state index contributed by atoms with van der Waals surface area (Å²) in [5.74, 6) is 1.72. The minimum atomic E-state index is -0.338. The Morgan fingerprint density at radius 2 is 1.58 bits per heavy atom. The Kier molecular flexibility index (Phi) is 6.33. The molecule has 2 aromatic rings. The number of aryl methyl sites for hydroxylation is 1. The lowest BCUT2D eigenvalue weighted by molar-refractivity contribution is 0.262. The van der Waals surface area contributed by atoms with E-state index in [4.69, 9.17) is 14.2 Å². The van der Waals surface area contributed by atoms with E-state index in [1.807, 2.05) is 25.1 Å². The van der Waals surface area contributed by atoms with Crippen molar-refractivity contribution in [1.82, 2.24) is 0 Å². The third-order valence-corrected chi connectivity index (χ3v) is 4.09. The number of hydrogen-bond acceptors (Lipinski definition) is 4.